The van der Waals surface area contributed by atoms with E-state index in [9.17, 15) is 14.4 Å². The lowest BCUT2D eigenvalue weighted by atomic mass is 9.84. The molecule has 23 heavy (non-hydrogen) atoms. The van der Waals surface area contributed by atoms with Crippen LogP contribution in [0.1, 0.15) is 46.7 Å². The summed E-state index contributed by atoms with van der Waals surface area (Å²) in [4.78, 5) is 39.0. The molecule has 1 aromatic rings. The molecule has 0 aliphatic carbocycles. The molecule has 0 fully saturated rings. The Bertz CT molecular complexity index is 579. The van der Waals surface area contributed by atoms with E-state index >= 15 is 0 Å². The largest absolute Gasteiger partial charge is 0.465 e. The number of amides is 1. The lowest BCUT2D eigenvalue weighted by Gasteiger charge is -2.22. The van der Waals surface area contributed by atoms with Gasteiger partial charge in [-0.3, -0.25) is 10.1 Å². The van der Waals surface area contributed by atoms with E-state index in [1.165, 1.54) is 0 Å². The van der Waals surface area contributed by atoms with Gasteiger partial charge >= 0.3 is 12.1 Å². The van der Waals surface area contributed by atoms with E-state index in [1.807, 2.05) is 0 Å². The monoisotopic (exact) mass is 342 g/mol. The van der Waals surface area contributed by atoms with Gasteiger partial charge in [0.15, 0.2) is 5.13 Å². The molecule has 0 saturated carbocycles. The van der Waals surface area contributed by atoms with E-state index in [0.717, 1.165) is 11.3 Å². The smallest absolute Gasteiger partial charge is 0.413 e. The van der Waals surface area contributed by atoms with E-state index in [4.69, 9.17) is 9.47 Å². The minimum absolute atomic E-state index is 0.0541. The molecule has 0 radical (unpaired) electrons. The second-order valence-corrected chi connectivity index (χ2v) is 6.95. The molecule has 0 aromatic carbocycles. The number of rotatable bonds is 6. The van der Waals surface area contributed by atoms with Crippen LogP contribution in [0, 0.1) is 0 Å². The number of carbonyl (C=O) groups excluding carboxylic acids is 3. The summed E-state index contributed by atoms with van der Waals surface area (Å²) in [6.45, 7) is 8.74. The van der Waals surface area contributed by atoms with Crippen LogP contribution in [0.3, 0.4) is 0 Å². The molecule has 0 aliphatic heterocycles. The molecule has 1 aromatic heterocycles. The SMILES string of the molecule is CCOC(=O)C(C)(CC=O)c1csc(NC(=O)OC(C)(C)C)n1. The molecule has 1 atom stereocenters. The van der Waals surface area contributed by atoms with Crippen molar-refractivity contribution >= 4 is 34.8 Å². The molecule has 0 spiro atoms. The van der Waals surface area contributed by atoms with Gasteiger partial charge in [0, 0.05) is 11.8 Å². The lowest BCUT2D eigenvalue weighted by molar-refractivity contribution is -0.150. The predicted octanol–water partition coefficient (Wildman–Crippen LogP) is 2.90. The van der Waals surface area contributed by atoms with Crippen molar-refractivity contribution in [3.63, 3.8) is 0 Å². The molecular formula is C15H22N2O5S. The highest BCUT2D eigenvalue weighted by Gasteiger charge is 2.39. The topological polar surface area (TPSA) is 94.6 Å². The van der Waals surface area contributed by atoms with E-state index in [1.54, 1.807) is 40.0 Å². The third-order valence-electron chi connectivity index (χ3n) is 2.89. The Balaban J connectivity index is 2.93. The number of esters is 1. The van der Waals surface area contributed by atoms with Gasteiger partial charge in [-0.25, -0.2) is 9.78 Å². The summed E-state index contributed by atoms with van der Waals surface area (Å²) in [7, 11) is 0. The van der Waals surface area contributed by atoms with Gasteiger partial charge in [-0.15, -0.1) is 11.3 Å². The number of aldehydes is 1. The Labute approximate surface area is 139 Å². The fourth-order valence-electron chi connectivity index (χ4n) is 1.73. The van der Waals surface area contributed by atoms with Crippen molar-refractivity contribution in [1.82, 2.24) is 4.98 Å². The maximum atomic E-state index is 12.1. The van der Waals surface area contributed by atoms with Gasteiger partial charge in [-0.2, -0.15) is 0 Å². The van der Waals surface area contributed by atoms with E-state index in [-0.39, 0.29) is 18.2 Å². The summed E-state index contributed by atoms with van der Waals surface area (Å²) in [5, 5.41) is 4.42. The molecule has 0 saturated heterocycles. The standard InChI is InChI=1S/C15H22N2O5S/c1-6-21-11(19)15(5,7-8-18)10-9-23-12(16-10)17-13(20)22-14(2,3)4/h8-9H,6-7H2,1-5H3,(H,16,17,20). The van der Waals surface area contributed by atoms with Crippen molar-refractivity contribution in [1.29, 1.82) is 0 Å². The number of ether oxygens (including phenoxy) is 2. The summed E-state index contributed by atoms with van der Waals surface area (Å²) in [5.41, 5.74) is -1.43. The number of aromatic nitrogens is 1. The number of thiazole rings is 1. The first-order chi connectivity index (χ1) is 10.6. The zero-order valence-corrected chi connectivity index (χ0v) is 14.8. The van der Waals surface area contributed by atoms with Crippen molar-refractivity contribution in [3.05, 3.63) is 11.1 Å². The molecular weight excluding hydrogens is 320 g/mol. The van der Waals surface area contributed by atoms with Gasteiger partial charge in [-0.1, -0.05) is 0 Å². The lowest BCUT2D eigenvalue weighted by Crippen LogP contribution is -2.35. The van der Waals surface area contributed by atoms with Gasteiger partial charge in [0.2, 0.25) is 0 Å². The van der Waals surface area contributed by atoms with Crippen molar-refractivity contribution in [2.75, 3.05) is 11.9 Å². The zero-order valence-electron chi connectivity index (χ0n) is 14.0. The van der Waals surface area contributed by atoms with Crippen molar-refractivity contribution in [2.24, 2.45) is 0 Å². The van der Waals surface area contributed by atoms with Crippen LogP contribution in [0.25, 0.3) is 0 Å². The molecule has 1 heterocycles. The highest BCUT2D eigenvalue weighted by atomic mass is 32.1. The molecule has 1 rings (SSSR count). The minimum Gasteiger partial charge on any atom is -0.465 e. The molecule has 7 nitrogen and oxygen atoms in total. The Hall–Kier alpha value is -1.96. The molecule has 1 N–H and O–H groups in total. The number of nitrogens with one attached hydrogen (secondary N) is 1. The summed E-state index contributed by atoms with van der Waals surface area (Å²) < 4.78 is 10.2. The maximum Gasteiger partial charge on any atom is 0.413 e. The highest BCUT2D eigenvalue weighted by Crippen LogP contribution is 2.31. The van der Waals surface area contributed by atoms with Crippen LogP contribution >= 0.6 is 11.3 Å². The van der Waals surface area contributed by atoms with Crippen molar-refractivity contribution in [2.45, 2.75) is 52.1 Å². The first-order valence-corrected chi connectivity index (χ1v) is 8.07. The second kappa shape index (κ2) is 7.54. The number of hydrogen-bond acceptors (Lipinski definition) is 7. The fourth-order valence-corrected chi connectivity index (χ4v) is 2.55. The summed E-state index contributed by atoms with van der Waals surface area (Å²) in [6, 6.07) is 0. The normalized spacial score (nSPS) is 13.8. The molecule has 1 amide bonds. The van der Waals surface area contributed by atoms with Gasteiger partial charge < -0.3 is 14.3 Å². The van der Waals surface area contributed by atoms with Crippen LogP contribution in [0.2, 0.25) is 0 Å². The second-order valence-electron chi connectivity index (χ2n) is 6.09. The van der Waals surface area contributed by atoms with Crippen LogP contribution in [0.4, 0.5) is 9.93 Å². The van der Waals surface area contributed by atoms with Crippen LogP contribution in [0.5, 0.6) is 0 Å². The van der Waals surface area contributed by atoms with Crippen LogP contribution in [-0.2, 0) is 24.5 Å². The van der Waals surface area contributed by atoms with Gasteiger partial charge in [-0.05, 0) is 34.6 Å². The van der Waals surface area contributed by atoms with Crippen LogP contribution in [-0.4, -0.2) is 35.5 Å². The quantitative estimate of drug-likeness (QED) is 0.631. The Kier molecular flexibility index (Phi) is 6.26. The average molecular weight is 342 g/mol. The number of carbonyl (C=O) groups is 3. The predicted molar refractivity (Wildman–Crippen MR) is 86.6 cm³/mol. The first-order valence-electron chi connectivity index (χ1n) is 7.19. The first kappa shape index (κ1) is 19.1. The molecule has 1 unspecified atom stereocenters. The van der Waals surface area contributed by atoms with Gasteiger partial charge in [0.05, 0.1) is 12.3 Å². The van der Waals surface area contributed by atoms with Gasteiger partial charge in [0.25, 0.3) is 0 Å². The Morgan fingerprint density at radius 2 is 2.00 bits per heavy atom. The number of anilines is 1. The van der Waals surface area contributed by atoms with E-state index < -0.39 is 23.1 Å². The molecule has 128 valence electrons. The van der Waals surface area contributed by atoms with Crippen molar-refractivity contribution in [3.8, 4) is 0 Å². The Morgan fingerprint density at radius 3 is 2.52 bits per heavy atom. The molecule has 0 bridgehead atoms. The number of hydrogen-bond donors (Lipinski definition) is 1. The molecule has 8 heteroatoms. The van der Waals surface area contributed by atoms with E-state index in [0.29, 0.717) is 12.0 Å². The molecule has 0 aliphatic rings. The average Bonchev–Trinajstić information content (AvgIpc) is 2.85. The summed E-state index contributed by atoms with van der Waals surface area (Å²) in [6.07, 6.45) is -0.0368. The maximum absolute atomic E-state index is 12.1. The minimum atomic E-state index is -1.18. The van der Waals surface area contributed by atoms with Gasteiger partial charge in [0.1, 0.15) is 17.3 Å². The summed E-state index contributed by atoms with van der Waals surface area (Å²) in [5.74, 6) is -0.527. The summed E-state index contributed by atoms with van der Waals surface area (Å²) >= 11 is 1.15. The highest BCUT2D eigenvalue weighted by molar-refractivity contribution is 7.13. The van der Waals surface area contributed by atoms with Crippen molar-refractivity contribution < 1.29 is 23.9 Å². The number of nitrogens with zero attached hydrogens (tertiary/aromatic N) is 1. The fraction of sp³-hybridized carbons (Fsp3) is 0.600. The van der Waals surface area contributed by atoms with Crippen LogP contribution in [0.15, 0.2) is 5.38 Å². The third-order valence-corrected chi connectivity index (χ3v) is 3.65. The van der Waals surface area contributed by atoms with Crippen LogP contribution < -0.4 is 5.32 Å². The Morgan fingerprint density at radius 1 is 1.35 bits per heavy atom. The zero-order chi connectivity index (χ0) is 17.7. The van der Waals surface area contributed by atoms with E-state index in [2.05, 4.69) is 10.3 Å². The third kappa shape index (κ3) is 5.31.